The highest BCUT2D eigenvalue weighted by Gasteiger charge is 2.02. The average molecular weight is 159 g/mol. The van der Waals surface area contributed by atoms with Gasteiger partial charge < -0.3 is 4.84 Å². The zero-order valence-electron chi connectivity index (χ0n) is 6.82. The lowest BCUT2D eigenvalue weighted by Crippen LogP contribution is -1.87. The van der Waals surface area contributed by atoms with Crippen LogP contribution in [0.3, 0.4) is 0 Å². The van der Waals surface area contributed by atoms with Crippen LogP contribution >= 0.6 is 0 Å². The molecule has 0 saturated carbocycles. The van der Waals surface area contributed by atoms with Gasteiger partial charge in [0.1, 0.15) is 0 Å². The van der Waals surface area contributed by atoms with E-state index < -0.39 is 0 Å². The summed E-state index contributed by atoms with van der Waals surface area (Å²) in [6, 6.07) is 7.82. The fourth-order valence-electron chi connectivity index (χ4n) is 1.06. The Hall–Kier alpha value is -1.57. The molecule has 0 radical (unpaired) electrons. The predicted octanol–water partition coefficient (Wildman–Crippen LogP) is 2.47. The first kappa shape index (κ1) is 7.10. The molecule has 0 N–H and O–H groups in total. The van der Waals surface area contributed by atoms with Gasteiger partial charge >= 0.3 is 0 Å². The first-order chi connectivity index (χ1) is 5.86. The summed E-state index contributed by atoms with van der Waals surface area (Å²) in [4.78, 5) is 5.19. The molecule has 0 spiro atoms. The highest BCUT2D eigenvalue weighted by molar-refractivity contribution is 5.96. The van der Waals surface area contributed by atoms with E-state index in [0.29, 0.717) is 0 Å². The minimum atomic E-state index is 0.811. The molecule has 0 atom stereocenters. The van der Waals surface area contributed by atoms with Crippen molar-refractivity contribution in [2.75, 3.05) is 0 Å². The molecule has 0 amide bonds. The molecule has 0 fully saturated rings. The molecule has 1 aliphatic heterocycles. The highest BCUT2D eigenvalue weighted by Crippen LogP contribution is 2.21. The van der Waals surface area contributed by atoms with Gasteiger partial charge in [-0.3, -0.25) is 0 Å². The Morgan fingerprint density at radius 2 is 2.00 bits per heavy atom. The van der Waals surface area contributed by atoms with Crippen LogP contribution in [0, 0.1) is 0 Å². The number of oxime groups is 1. The Balaban J connectivity index is 2.48. The molecular formula is C10H9NO. The van der Waals surface area contributed by atoms with Crippen LogP contribution in [-0.4, -0.2) is 5.71 Å². The Labute approximate surface area is 71.2 Å². The molecule has 0 bridgehead atoms. The fraction of sp³-hybridized carbons (Fsp3) is 0.100. The number of hydrogen-bond donors (Lipinski definition) is 0. The number of nitrogens with zero attached hydrogens (tertiary/aromatic N) is 1. The van der Waals surface area contributed by atoms with E-state index in [-0.39, 0.29) is 0 Å². The van der Waals surface area contributed by atoms with Gasteiger partial charge in [0.05, 0.1) is 5.71 Å². The van der Waals surface area contributed by atoms with Crippen LogP contribution in [-0.2, 0) is 0 Å². The topological polar surface area (TPSA) is 21.6 Å². The maximum Gasteiger partial charge on any atom is 0.165 e. The van der Waals surface area contributed by atoms with Crippen LogP contribution in [0.5, 0.6) is 5.75 Å². The van der Waals surface area contributed by atoms with E-state index in [1.807, 2.05) is 43.3 Å². The summed E-state index contributed by atoms with van der Waals surface area (Å²) >= 11 is 0. The quantitative estimate of drug-likeness (QED) is 0.569. The zero-order valence-corrected chi connectivity index (χ0v) is 6.82. The average Bonchev–Trinajstić information content (AvgIpc) is 2.29. The minimum Gasteiger partial charge on any atom is -0.356 e. The Bertz CT molecular complexity index is 353. The number of para-hydroxylation sites is 1. The first-order valence-electron chi connectivity index (χ1n) is 3.85. The van der Waals surface area contributed by atoms with Gasteiger partial charge in [0, 0.05) is 5.56 Å². The molecule has 60 valence electrons. The third kappa shape index (κ3) is 1.23. The van der Waals surface area contributed by atoms with Gasteiger partial charge in [-0.1, -0.05) is 23.4 Å². The van der Waals surface area contributed by atoms with Crippen molar-refractivity contribution in [1.29, 1.82) is 0 Å². The number of fused-ring (bicyclic) bond motifs is 1. The monoisotopic (exact) mass is 159 g/mol. The van der Waals surface area contributed by atoms with Gasteiger partial charge in [-0.05, 0) is 25.1 Å². The van der Waals surface area contributed by atoms with E-state index in [9.17, 15) is 0 Å². The number of rotatable bonds is 0. The summed E-state index contributed by atoms with van der Waals surface area (Å²) in [5, 5.41) is 3.89. The minimum absolute atomic E-state index is 0.811. The van der Waals surface area contributed by atoms with Crippen molar-refractivity contribution in [2.45, 2.75) is 6.92 Å². The molecular weight excluding hydrogens is 150 g/mol. The van der Waals surface area contributed by atoms with E-state index in [1.54, 1.807) is 0 Å². The molecule has 2 rings (SSSR count). The van der Waals surface area contributed by atoms with E-state index in [1.165, 1.54) is 0 Å². The lowest BCUT2D eigenvalue weighted by Gasteiger charge is -1.99. The molecule has 2 heteroatoms. The second-order valence-electron chi connectivity index (χ2n) is 2.70. The van der Waals surface area contributed by atoms with Crippen molar-refractivity contribution in [3.05, 3.63) is 35.9 Å². The summed E-state index contributed by atoms with van der Waals surface area (Å²) < 4.78 is 0. The van der Waals surface area contributed by atoms with E-state index >= 15 is 0 Å². The molecule has 1 heterocycles. The summed E-state index contributed by atoms with van der Waals surface area (Å²) in [6.45, 7) is 1.91. The standard InChI is InChI=1S/C10H9NO/c1-8-6-7-9-4-2-3-5-10(9)12-11-8/h2-7H,1H3. The third-order valence-corrected chi connectivity index (χ3v) is 1.71. The van der Waals surface area contributed by atoms with Crippen molar-refractivity contribution in [3.63, 3.8) is 0 Å². The molecule has 12 heavy (non-hydrogen) atoms. The lowest BCUT2D eigenvalue weighted by molar-refractivity contribution is 0.341. The Morgan fingerprint density at radius 3 is 2.92 bits per heavy atom. The number of benzene rings is 1. The van der Waals surface area contributed by atoms with Crippen LogP contribution in [0.15, 0.2) is 35.5 Å². The maximum absolute atomic E-state index is 5.19. The second kappa shape index (κ2) is 2.81. The summed E-state index contributed by atoms with van der Waals surface area (Å²) in [5.41, 5.74) is 1.95. The Morgan fingerprint density at radius 1 is 1.17 bits per heavy atom. The van der Waals surface area contributed by atoms with Crippen molar-refractivity contribution < 1.29 is 4.84 Å². The molecule has 0 aliphatic carbocycles. The van der Waals surface area contributed by atoms with Crippen LogP contribution in [0.4, 0.5) is 0 Å². The van der Waals surface area contributed by atoms with Gasteiger partial charge in [-0.15, -0.1) is 0 Å². The van der Waals surface area contributed by atoms with Gasteiger partial charge in [-0.25, -0.2) is 0 Å². The molecule has 1 aromatic rings. The first-order valence-corrected chi connectivity index (χ1v) is 3.85. The number of allylic oxidation sites excluding steroid dienone is 1. The van der Waals surface area contributed by atoms with Crippen LogP contribution < -0.4 is 4.84 Å². The van der Waals surface area contributed by atoms with E-state index in [4.69, 9.17) is 4.84 Å². The molecule has 0 unspecified atom stereocenters. The van der Waals surface area contributed by atoms with Gasteiger partial charge in [0.2, 0.25) is 0 Å². The number of hydrogen-bond acceptors (Lipinski definition) is 2. The fourth-order valence-corrected chi connectivity index (χ4v) is 1.06. The van der Waals surface area contributed by atoms with Crippen molar-refractivity contribution in [2.24, 2.45) is 5.16 Å². The van der Waals surface area contributed by atoms with Gasteiger partial charge in [0.15, 0.2) is 5.75 Å². The normalized spacial score (nSPS) is 14.2. The molecule has 0 aromatic heterocycles. The molecule has 2 nitrogen and oxygen atoms in total. The van der Waals surface area contributed by atoms with Crippen molar-refractivity contribution in [3.8, 4) is 5.75 Å². The third-order valence-electron chi connectivity index (χ3n) is 1.71. The smallest absolute Gasteiger partial charge is 0.165 e. The maximum atomic E-state index is 5.19. The summed E-state index contributed by atoms with van der Waals surface area (Å²) in [6.07, 6.45) is 3.94. The second-order valence-corrected chi connectivity index (χ2v) is 2.70. The zero-order chi connectivity index (χ0) is 8.39. The van der Waals surface area contributed by atoms with Gasteiger partial charge in [0.25, 0.3) is 0 Å². The SMILES string of the molecule is CC1=NOc2ccccc2C=C1. The van der Waals surface area contributed by atoms with E-state index in [2.05, 4.69) is 5.16 Å². The molecule has 1 aromatic carbocycles. The highest BCUT2D eigenvalue weighted by atomic mass is 16.6. The summed E-state index contributed by atoms with van der Waals surface area (Å²) in [7, 11) is 0. The van der Waals surface area contributed by atoms with Crippen molar-refractivity contribution in [1.82, 2.24) is 0 Å². The Kier molecular flexibility index (Phi) is 1.67. The lowest BCUT2D eigenvalue weighted by atomic mass is 10.2. The largest absolute Gasteiger partial charge is 0.356 e. The molecule has 1 aliphatic rings. The molecule has 0 saturated heterocycles. The van der Waals surface area contributed by atoms with Crippen molar-refractivity contribution >= 4 is 11.8 Å². The van der Waals surface area contributed by atoms with E-state index in [0.717, 1.165) is 17.0 Å². The van der Waals surface area contributed by atoms with Gasteiger partial charge in [-0.2, -0.15) is 0 Å². The van der Waals surface area contributed by atoms with Crippen LogP contribution in [0.2, 0.25) is 0 Å². The van der Waals surface area contributed by atoms with Crippen LogP contribution in [0.1, 0.15) is 12.5 Å². The predicted molar refractivity (Wildman–Crippen MR) is 49.2 cm³/mol. The summed E-state index contributed by atoms with van der Waals surface area (Å²) in [5.74, 6) is 0.811. The van der Waals surface area contributed by atoms with Crippen LogP contribution in [0.25, 0.3) is 6.08 Å².